The first-order valence-corrected chi connectivity index (χ1v) is 9.58. The minimum Gasteiger partial charge on any atom is -0.464 e. The van der Waals surface area contributed by atoms with Crippen molar-refractivity contribution in [1.29, 1.82) is 0 Å². The van der Waals surface area contributed by atoms with Crippen LogP contribution in [0.4, 0.5) is 0 Å². The molecule has 2 N–H and O–H groups in total. The van der Waals surface area contributed by atoms with E-state index in [-0.39, 0.29) is 16.8 Å². The molecule has 1 atom stereocenters. The number of carbonyl (C=O) groups is 1. The fourth-order valence-electron chi connectivity index (χ4n) is 2.66. The van der Waals surface area contributed by atoms with Crippen molar-refractivity contribution in [2.24, 2.45) is 16.6 Å². The third-order valence-electron chi connectivity index (χ3n) is 4.74. The Bertz CT molecular complexity index is 739. The van der Waals surface area contributed by atoms with Crippen LogP contribution in [0.5, 0.6) is 0 Å². The third kappa shape index (κ3) is 5.60. The molecule has 1 aromatic carbocycles. The van der Waals surface area contributed by atoms with Crippen LogP contribution < -0.4 is 5.73 Å². The standard InChI is InChI=1S/C21H28ClN3O2/c1-5-14(2)25(13-16-9-7-6-8-10-16)20(23)18(22)19(21(26)27-4)24-15(3)17-11-12-17/h6-10,14,17H,3,5,11-13,23H2,1-2,4H3/b20-18-,24-19+. The summed E-state index contributed by atoms with van der Waals surface area (Å²) >= 11 is 6.54. The molecule has 27 heavy (non-hydrogen) atoms. The van der Waals surface area contributed by atoms with Gasteiger partial charge in [0.2, 0.25) is 0 Å². The first-order valence-electron chi connectivity index (χ1n) is 9.21. The first kappa shape index (κ1) is 21.0. The Morgan fingerprint density at radius 1 is 1.41 bits per heavy atom. The van der Waals surface area contributed by atoms with Crippen molar-refractivity contribution in [3.05, 3.63) is 59.0 Å². The van der Waals surface area contributed by atoms with Gasteiger partial charge in [-0.2, -0.15) is 0 Å². The van der Waals surface area contributed by atoms with E-state index < -0.39 is 5.97 Å². The Labute approximate surface area is 166 Å². The molecule has 1 unspecified atom stereocenters. The van der Waals surface area contributed by atoms with Gasteiger partial charge in [-0.15, -0.1) is 0 Å². The molecule has 0 saturated heterocycles. The van der Waals surface area contributed by atoms with Gasteiger partial charge in [0, 0.05) is 24.2 Å². The number of hydrogen-bond acceptors (Lipinski definition) is 5. The second kappa shape index (κ2) is 9.60. The Hall–Kier alpha value is -2.27. The predicted molar refractivity (Wildman–Crippen MR) is 110 cm³/mol. The van der Waals surface area contributed by atoms with Crippen LogP contribution in [0.3, 0.4) is 0 Å². The predicted octanol–water partition coefficient (Wildman–Crippen LogP) is 4.19. The zero-order chi connectivity index (χ0) is 20.0. The van der Waals surface area contributed by atoms with Gasteiger partial charge in [-0.05, 0) is 31.7 Å². The summed E-state index contributed by atoms with van der Waals surface area (Å²) in [6.45, 7) is 8.67. The zero-order valence-electron chi connectivity index (χ0n) is 16.2. The molecule has 146 valence electrons. The van der Waals surface area contributed by atoms with Crippen LogP contribution in [0.1, 0.15) is 38.7 Å². The number of rotatable bonds is 9. The van der Waals surface area contributed by atoms with Crippen LogP contribution in [0.25, 0.3) is 0 Å². The van der Waals surface area contributed by atoms with Crippen molar-refractivity contribution in [1.82, 2.24) is 4.90 Å². The van der Waals surface area contributed by atoms with Gasteiger partial charge in [-0.1, -0.05) is 55.4 Å². The van der Waals surface area contributed by atoms with Crippen molar-refractivity contribution in [3.8, 4) is 0 Å². The molecule has 5 nitrogen and oxygen atoms in total. The summed E-state index contributed by atoms with van der Waals surface area (Å²) in [7, 11) is 1.30. The maximum Gasteiger partial charge on any atom is 0.358 e. The molecule has 0 radical (unpaired) electrons. The Morgan fingerprint density at radius 3 is 2.56 bits per heavy atom. The molecule has 0 amide bonds. The van der Waals surface area contributed by atoms with Crippen LogP contribution in [-0.4, -0.2) is 29.7 Å². The van der Waals surface area contributed by atoms with E-state index in [2.05, 4.69) is 25.4 Å². The monoisotopic (exact) mass is 389 g/mol. The average Bonchev–Trinajstić information content (AvgIpc) is 3.54. The summed E-state index contributed by atoms with van der Waals surface area (Å²) in [4.78, 5) is 18.6. The van der Waals surface area contributed by atoms with E-state index in [9.17, 15) is 4.79 Å². The van der Waals surface area contributed by atoms with Gasteiger partial charge in [-0.25, -0.2) is 9.79 Å². The second-order valence-electron chi connectivity index (χ2n) is 6.79. The van der Waals surface area contributed by atoms with Crippen molar-refractivity contribution < 1.29 is 9.53 Å². The number of esters is 1. The van der Waals surface area contributed by atoms with Crippen molar-refractivity contribution in [2.75, 3.05) is 7.11 Å². The highest BCUT2D eigenvalue weighted by molar-refractivity contribution is 6.58. The Morgan fingerprint density at radius 2 is 2.04 bits per heavy atom. The first-order chi connectivity index (χ1) is 12.9. The number of hydrogen-bond donors (Lipinski definition) is 1. The van der Waals surface area contributed by atoms with E-state index in [0.29, 0.717) is 24.0 Å². The van der Waals surface area contributed by atoms with Gasteiger partial charge in [0.15, 0.2) is 5.71 Å². The molecule has 1 saturated carbocycles. The van der Waals surface area contributed by atoms with Crippen LogP contribution in [0.15, 0.2) is 58.5 Å². The van der Waals surface area contributed by atoms with Crippen LogP contribution >= 0.6 is 11.6 Å². The number of nitrogens with zero attached hydrogens (tertiary/aromatic N) is 2. The van der Waals surface area contributed by atoms with Gasteiger partial charge >= 0.3 is 5.97 Å². The van der Waals surface area contributed by atoms with E-state index in [1.807, 2.05) is 35.2 Å². The summed E-state index contributed by atoms with van der Waals surface area (Å²) in [6, 6.07) is 10.1. The number of benzene rings is 1. The number of halogens is 1. The van der Waals surface area contributed by atoms with Crippen LogP contribution in [-0.2, 0) is 16.1 Å². The highest BCUT2D eigenvalue weighted by atomic mass is 35.5. The average molecular weight is 390 g/mol. The SMILES string of the molecule is C=C(/N=C(C(=O)OC)\C(Cl)=C(/N)N(Cc1ccccc1)C(C)CC)C1CC1. The lowest BCUT2D eigenvalue weighted by molar-refractivity contribution is -0.132. The van der Waals surface area contributed by atoms with Crippen molar-refractivity contribution in [2.45, 2.75) is 45.7 Å². The van der Waals surface area contributed by atoms with E-state index in [0.717, 1.165) is 24.8 Å². The van der Waals surface area contributed by atoms with Crippen LogP contribution in [0, 0.1) is 5.92 Å². The Kier molecular flexibility index (Phi) is 7.48. The van der Waals surface area contributed by atoms with Gasteiger partial charge in [0.25, 0.3) is 0 Å². The maximum atomic E-state index is 12.3. The summed E-state index contributed by atoms with van der Waals surface area (Å²) in [5.41, 5.74) is 8.15. The van der Waals surface area contributed by atoms with Gasteiger partial charge < -0.3 is 15.4 Å². The number of aliphatic imine (C=N–C) groups is 1. The normalized spacial score (nSPS) is 16.4. The fraction of sp³-hybridized carbons (Fsp3) is 0.429. The molecule has 1 aliphatic rings. The quantitative estimate of drug-likeness (QED) is 0.508. The number of carbonyl (C=O) groups excluding carboxylic acids is 1. The molecular weight excluding hydrogens is 362 g/mol. The minimum absolute atomic E-state index is 0.00920. The highest BCUT2D eigenvalue weighted by Crippen LogP contribution is 2.36. The van der Waals surface area contributed by atoms with Crippen LogP contribution in [0.2, 0.25) is 0 Å². The molecule has 0 aromatic heterocycles. The van der Waals surface area contributed by atoms with E-state index in [4.69, 9.17) is 22.1 Å². The van der Waals surface area contributed by atoms with Gasteiger partial charge in [-0.3, -0.25) is 0 Å². The molecule has 0 spiro atoms. The molecule has 1 aliphatic carbocycles. The molecular formula is C21H28ClN3O2. The zero-order valence-corrected chi connectivity index (χ0v) is 17.0. The largest absolute Gasteiger partial charge is 0.464 e. The molecule has 0 heterocycles. The van der Waals surface area contributed by atoms with Gasteiger partial charge in [0.05, 0.1) is 7.11 Å². The van der Waals surface area contributed by atoms with E-state index in [1.165, 1.54) is 7.11 Å². The third-order valence-corrected chi connectivity index (χ3v) is 5.12. The minimum atomic E-state index is -0.617. The fourth-order valence-corrected chi connectivity index (χ4v) is 2.89. The lowest BCUT2D eigenvalue weighted by atomic mass is 10.1. The maximum absolute atomic E-state index is 12.3. The summed E-state index contributed by atoms with van der Waals surface area (Å²) in [5, 5.41) is 0.0971. The molecule has 6 heteroatoms. The number of allylic oxidation sites excluding steroid dienone is 1. The second-order valence-corrected chi connectivity index (χ2v) is 7.17. The van der Waals surface area contributed by atoms with Crippen molar-refractivity contribution in [3.63, 3.8) is 0 Å². The smallest absolute Gasteiger partial charge is 0.358 e. The lowest BCUT2D eigenvalue weighted by Gasteiger charge is -2.31. The van der Waals surface area contributed by atoms with Crippen molar-refractivity contribution >= 4 is 23.3 Å². The molecule has 0 bridgehead atoms. The summed E-state index contributed by atoms with van der Waals surface area (Å²) in [5.74, 6) is 0.00140. The van der Waals surface area contributed by atoms with Gasteiger partial charge in [0.1, 0.15) is 10.9 Å². The molecule has 1 fully saturated rings. The number of methoxy groups -OCH3 is 1. The summed E-state index contributed by atoms with van der Waals surface area (Å²) in [6.07, 6.45) is 2.93. The lowest BCUT2D eigenvalue weighted by Crippen LogP contribution is -2.37. The summed E-state index contributed by atoms with van der Waals surface area (Å²) < 4.78 is 4.87. The number of ether oxygens (including phenoxy) is 1. The molecule has 0 aliphatic heterocycles. The highest BCUT2D eigenvalue weighted by Gasteiger charge is 2.28. The number of nitrogens with two attached hydrogens (primary N) is 1. The molecule has 2 rings (SSSR count). The van der Waals surface area contributed by atoms with E-state index in [1.54, 1.807) is 0 Å². The topological polar surface area (TPSA) is 67.9 Å². The Balaban J connectivity index is 2.39. The molecule has 1 aromatic rings. The van der Waals surface area contributed by atoms with E-state index >= 15 is 0 Å².